The number of anilines is 1. The highest BCUT2D eigenvalue weighted by Crippen LogP contribution is 2.20. The SMILES string of the molecule is CCCc1cnc(N2CCC(Oc3cc[nH]c(=O)c3)CC2)nc1.O=c1cc(O)cc[nH]1. The highest BCUT2D eigenvalue weighted by Gasteiger charge is 2.22. The van der Waals surface area contributed by atoms with Crippen molar-refractivity contribution in [3.05, 3.63) is 75.3 Å². The van der Waals surface area contributed by atoms with Gasteiger partial charge in [0.2, 0.25) is 5.95 Å². The Balaban J connectivity index is 0.000000287. The van der Waals surface area contributed by atoms with E-state index in [2.05, 4.69) is 31.8 Å². The van der Waals surface area contributed by atoms with Gasteiger partial charge >= 0.3 is 0 Å². The number of nitrogens with one attached hydrogen (secondary N) is 2. The normalized spacial score (nSPS) is 13.9. The number of rotatable bonds is 5. The number of ether oxygens (including phenoxy) is 1. The van der Waals surface area contributed by atoms with Crippen molar-refractivity contribution in [2.24, 2.45) is 0 Å². The molecule has 0 atom stereocenters. The van der Waals surface area contributed by atoms with E-state index in [0.29, 0.717) is 5.75 Å². The third kappa shape index (κ3) is 6.98. The summed E-state index contributed by atoms with van der Waals surface area (Å²) < 4.78 is 5.88. The van der Waals surface area contributed by atoms with Crippen molar-refractivity contribution in [3.63, 3.8) is 0 Å². The maximum atomic E-state index is 11.3. The predicted molar refractivity (Wildman–Crippen MR) is 118 cm³/mol. The van der Waals surface area contributed by atoms with Gasteiger partial charge in [-0.05, 0) is 24.1 Å². The molecule has 0 aliphatic carbocycles. The van der Waals surface area contributed by atoms with Crippen molar-refractivity contribution in [1.29, 1.82) is 0 Å². The third-order valence-corrected chi connectivity index (χ3v) is 4.76. The first kappa shape index (κ1) is 22.1. The number of piperidine rings is 1. The molecule has 9 nitrogen and oxygen atoms in total. The molecule has 1 saturated heterocycles. The molecule has 1 aliphatic rings. The standard InChI is InChI=1S/C17H22N4O2.C5H5NO2/c1-2-3-13-11-19-17(20-12-13)21-8-5-14(6-9-21)23-15-4-7-18-16(22)10-15;7-4-1-2-6-5(8)3-4/h4,7,10-12,14H,2-3,5-6,8-9H2,1H3,(H,18,22);1-3H,(H2,6,7,8). The van der Waals surface area contributed by atoms with Crippen LogP contribution in [0.4, 0.5) is 5.95 Å². The number of aromatic hydroxyl groups is 1. The average molecular weight is 425 g/mol. The summed E-state index contributed by atoms with van der Waals surface area (Å²) in [6.07, 6.45) is 10.9. The number of hydrogen-bond donors (Lipinski definition) is 3. The Kier molecular flexibility index (Phi) is 7.80. The molecule has 0 saturated carbocycles. The minimum absolute atomic E-state index is 0.00579. The summed E-state index contributed by atoms with van der Waals surface area (Å²) >= 11 is 0. The maximum Gasteiger partial charge on any atom is 0.251 e. The fourth-order valence-electron chi connectivity index (χ4n) is 3.23. The highest BCUT2D eigenvalue weighted by molar-refractivity contribution is 5.31. The van der Waals surface area contributed by atoms with E-state index in [1.54, 1.807) is 12.3 Å². The van der Waals surface area contributed by atoms with Crippen LogP contribution in [-0.4, -0.2) is 44.2 Å². The van der Waals surface area contributed by atoms with Gasteiger partial charge in [0, 0.05) is 62.9 Å². The minimum atomic E-state index is -0.287. The average Bonchev–Trinajstić information content (AvgIpc) is 2.76. The Morgan fingerprint density at radius 2 is 1.71 bits per heavy atom. The highest BCUT2D eigenvalue weighted by atomic mass is 16.5. The van der Waals surface area contributed by atoms with Gasteiger partial charge < -0.3 is 24.7 Å². The number of H-pyrrole nitrogens is 2. The van der Waals surface area contributed by atoms with Crippen LogP contribution in [0.5, 0.6) is 11.5 Å². The molecule has 0 radical (unpaired) electrons. The fourth-order valence-corrected chi connectivity index (χ4v) is 3.23. The predicted octanol–water partition coefficient (Wildman–Crippen LogP) is 2.25. The Labute approximate surface area is 179 Å². The molecule has 0 unspecified atom stereocenters. The zero-order valence-electron chi connectivity index (χ0n) is 17.5. The molecule has 0 amide bonds. The smallest absolute Gasteiger partial charge is 0.251 e. The van der Waals surface area contributed by atoms with Gasteiger partial charge in [-0.25, -0.2) is 9.97 Å². The first-order valence-electron chi connectivity index (χ1n) is 10.3. The maximum absolute atomic E-state index is 11.3. The Morgan fingerprint density at radius 1 is 1.06 bits per heavy atom. The van der Waals surface area contributed by atoms with Gasteiger partial charge in [0.05, 0.1) is 0 Å². The van der Waals surface area contributed by atoms with Crippen LogP contribution >= 0.6 is 0 Å². The lowest BCUT2D eigenvalue weighted by Gasteiger charge is -2.32. The molecule has 4 heterocycles. The van der Waals surface area contributed by atoms with Gasteiger partial charge in [-0.2, -0.15) is 0 Å². The number of aromatic amines is 2. The van der Waals surface area contributed by atoms with Crippen LogP contribution in [0, 0.1) is 0 Å². The van der Waals surface area contributed by atoms with Crippen molar-refractivity contribution in [3.8, 4) is 11.5 Å². The van der Waals surface area contributed by atoms with Gasteiger partial charge in [-0.15, -0.1) is 0 Å². The van der Waals surface area contributed by atoms with E-state index in [1.807, 2.05) is 12.4 Å². The van der Waals surface area contributed by atoms with Crippen LogP contribution in [0.25, 0.3) is 0 Å². The van der Waals surface area contributed by atoms with Crippen molar-refractivity contribution < 1.29 is 9.84 Å². The first-order chi connectivity index (χ1) is 15.0. The second kappa shape index (κ2) is 11.0. The lowest BCUT2D eigenvalue weighted by molar-refractivity contribution is 0.170. The van der Waals surface area contributed by atoms with Crippen LogP contribution in [0.2, 0.25) is 0 Å². The van der Waals surface area contributed by atoms with E-state index >= 15 is 0 Å². The zero-order valence-corrected chi connectivity index (χ0v) is 17.5. The fraction of sp³-hybridized carbons (Fsp3) is 0.364. The summed E-state index contributed by atoms with van der Waals surface area (Å²) in [6, 6.07) is 5.78. The molecular weight excluding hydrogens is 398 g/mol. The van der Waals surface area contributed by atoms with Crippen LogP contribution in [0.15, 0.2) is 58.6 Å². The monoisotopic (exact) mass is 425 g/mol. The molecule has 0 bridgehead atoms. The van der Waals surface area contributed by atoms with Crippen molar-refractivity contribution >= 4 is 5.95 Å². The van der Waals surface area contributed by atoms with E-state index in [0.717, 1.165) is 50.8 Å². The van der Waals surface area contributed by atoms with Crippen LogP contribution in [-0.2, 0) is 6.42 Å². The van der Waals surface area contributed by atoms with Crippen molar-refractivity contribution in [1.82, 2.24) is 19.9 Å². The van der Waals surface area contributed by atoms with Gasteiger partial charge in [-0.1, -0.05) is 13.3 Å². The van der Waals surface area contributed by atoms with Crippen molar-refractivity contribution in [2.45, 2.75) is 38.7 Å². The molecule has 3 aromatic rings. The topological polar surface area (TPSA) is 124 Å². The van der Waals surface area contributed by atoms with E-state index in [9.17, 15) is 9.59 Å². The van der Waals surface area contributed by atoms with Gasteiger partial charge in [0.1, 0.15) is 17.6 Å². The molecule has 164 valence electrons. The van der Waals surface area contributed by atoms with E-state index in [1.165, 1.54) is 23.9 Å². The first-order valence-corrected chi connectivity index (χ1v) is 10.3. The number of aromatic nitrogens is 4. The van der Waals surface area contributed by atoms with Crippen molar-refractivity contribution in [2.75, 3.05) is 18.0 Å². The van der Waals surface area contributed by atoms with Crippen LogP contribution in [0.3, 0.4) is 0 Å². The zero-order chi connectivity index (χ0) is 22.1. The summed E-state index contributed by atoms with van der Waals surface area (Å²) in [6.45, 7) is 3.88. The Bertz CT molecular complexity index is 1060. The summed E-state index contributed by atoms with van der Waals surface area (Å²) in [5, 5.41) is 8.59. The largest absolute Gasteiger partial charge is 0.508 e. The molecule has 9 heteroatoms. The second-order valence-corrected chi connectivity index (χ2v) is 7.25. The molecule has 1 aliphatic heterocycles. The number of hydrogen-bond acceptors (Lipinski definition) is 7. The van der Waals surface area contributed by atoms with Gasteiger partial charge in [0.25, 0.3) is 11.1 Å². The van der Waals surface area contributed by atoms with E-state index in [-0.39, 0.29) is 23.0 Å². The van der Waals surface area contributed by atoms with Gasteiger partial charge in [0.15, 0.2) is 0 Å². The summed E-state index contributed by atoms with van der Waals surface area (Å²) in [5.41, 5.74) is 0.759. The molecule has 3 aromatic heterocycles. The third-order valence-electron chi connectivity index (χ3n) is 4.76. The Hall–Kier alpha value is -3.62. The molecular formula is C22H27N5O4. The molecule has 0 spiro atoms. The molecule has 31 heavy (non-hydrogen) atoms. The summed E-state index contributed by atoms with van der Waals surface area (Å²) in [7, 11) is 0. The summed E-state index contributed by atoms with van der Waals surface area (Å²) in [4.78, 5) is 37.6. The van der Waals surface area contributed by atoms with Crippen LogP contribution < -0.4 is 20.8 Å². The number of pyridine rings is 2. The summed E-state index contributed by atoms with van der Waals surface area (Å²) in [5.74, 6) is 1.42. The number of aryl methyl sites for hydroxylation is 1. The van der Waals surface area contributed by atoms with E-state index in [4.69, 9.17) is 9.84 Å². The second-order valence-electron chi connectivity index (χ2n) is 7.25. The van der Waals surface area contributed by atoms with Gasteiger partial charge in [-0.3, -0.25) is 9.59 Å². The molecule has 4 rings (SSSR count). The molecule has 0 aromatic carbocycles. The van der Waals surface area contributed by atoms with E-state index < -0.39 is 0 Å². The quantitative estimate of drug-likeness (QED) is 0.573. The lowest BCUT2D eigenvalue weighted by atomic mass is 10.1. The molecule has 3 N–H and O–H groups in total. The minimum Gasteiger partial charge on any atom is -0.508 e. The number of nitrogens with zero attached hydrogens (tertiary/aromatic N) is 3. The Morgan fingerprint density at radius 3 is 2.26 bits per heavy atom. The van der Waals surface area contributed by atoms with Crippen LogP contribution in [0.1, 0.15) is 31.7 Å². The molecule has 1 fully saturated rings. The lowest BCUT2D eigenvalue weighted by Crippen LogP contribution is -2.39.